The summed E-state index contributed by atoms with van der Waals surface area (Å²) in [6.45, 7) is 2.31. The van der Waals surface area contributed by atoms with Crippen molar-refractivity contribution in [3.63, 3.8) is 0 Å². The van der Waals surface area contributed by atoms with Gasteiger partial charge in [-0.3, -0.25) is 21.2 Å². The van der Waals surface area contributed by atoms with Crippen LogP contribution in [0.25, 0.3) is 0 Å². The Morgan fingerprint density at radius 3 is 2.17 bits per heavy atom. The number of carbonyl (C=O) groups excluding carboxylic acids is 2. The van der Waals surface area contributed by atoms with Crippen LogP contribution in [-0.2, 0) is 14.4 Å². The van der Waals surface area contributed by atoms with Crippen molar-refractivity contribution in [2.24, 2.45) is 11.6 Å². The number of nitrogens with two attached hydrogens (primary N) is 2. The van der Waals surface area contributed by atoms with Gasteiger partial charge in [-0.05, 0) is 5.06 Å². The predicted molar refractivity (Wildman–Crippen MR) is 38.6 cm³/mol. The van der Waals surface area contributed by atoms with E-state index in [0.29, 0.717) is 5.06 Å². The Bertz CT molecular complexity index is 225. The molecule has 0 aromatic carbocycles. The van der Waals surface area contributed by atoms with Crippen LogP contribution in [0.2, 0.25) is 0 Å². The second kappa shape index (κ2) is 4.16. The summed E-state index contributed by atoms with van der Waals surface area (Å²) in [4.78, 5) is 25.6. The van der Waals surface area contributed by atoms with Crippen molar-refractivity contribution >= 4 is 17.8 Å². The second-order valence-corrected chi connectivity index (χ2v) is 1.93. The Morgan fingerprint density at radius 2 is 1.92 bits per heavy atom. The van der Waals surface area contributed by atoms with Crippen LogP contribution in [0.4, 0.5) is 0 Å². The molecule has 0 saturated heterocycles. The van der Waals surface area contributed by atoms with Gasteiger partial charge in [0.25, 0.3) is 0 Å². The van der Waals surface area contributed by atoms with Gasteiger partial charge in [-0.15, -0.1) is 0 Å². The first-order valence-corrected chi connectivity index (χ1v) is 3.07. The summed E-state index contributed by atoms with van der Waals surface area (Å²) >= 11 is 0. The molecule has 0 aliphatic rings. The third kappa shape index (κ3) is 2.86. The molecule has 0 heterocycles. The molecular weight excluding hydrogens is 164 g/mol. The fraction of sp³-hybridized carbons (Fsp3) is 0.400. The summed E-state index contributed by atoms with van der Waals surface area (Å²) < 4.78 is 0. The van der Waals surface area contributed by atoms with E-state index >= 15 is 0 Å². The third-order valence-electron chi connectivity index (χ3n) is 0.873. The van der Waals surface area contributed by atoms with Crippen molar-refractivity contribution < 1.29 is 19.5 Å². The van der Waals surface area contributed by atoms with Gasteiger partial charge in [-0.25, -0.2) is 4.79 Å². The van der Waals surface area contributed by atoms with Gasteiger partial charge in [0.05, 0.1) is 0 Å². The lowest BCUT2D eigenvalue weighted by molar-refractivity contribution is -0.479. The number of nitrogens with zero attached hydrogens (tertiary/aromatic N) is 1. The van der Waals surface area contributed by atoms with E-state index in [2.05, 4.69) is 4.84 Å². The van der Waals surface area contributed by atoms with Crippen molar-refractivity contribution in [2.45, 2.75) is 13.8 Å². The summed E-state index contributed by atoms with van der Waals surface area (Å²) in [5.41, 5.74) is 5.17. The van der Waals surface area contributed by atoms with Crippen LogP contribution in [0.5, 0.6) is 0 Å². The van der Waals surface area contributed by atoms with Crippen LogP contribution >= 0.6 is 0 Å². The van der Waals surface area contributed by atoms with Gasteiger partial charge in [0, 0.05) is 13.8 Å². The molecule has 0 spiro atoms. The van der Waals surface area contributed by atoms with Crippen molar-refractivity contribution in [3.05, 3.63) is 0 Å². The highest BCUT2D eigenvalue weighted by Crippen LogP contribution is 1.88. The Hall–Kier alpha value is -1.79. The molecule has 5 N–H and O–H groups in total. The number of hydrazone groups is 1. The fourth-order valence-electron chi connectivity index (χ4n) is 0.470. The Kier molecular flexibility index (Phi) is 3.54. The van der Waals surface area contributed by atoms with Gasteiger partial charge in [-0.1, -0.05) is 0 Å². The van der Waals surface area contributed by atoms with Gasteiger partial charge < -0.3 is 0 Å². The van der Waals surface area contributed by atoms with Gasteiger partial charge in [0.1, 0.15) is 0 Å². The lowest BCUT2D eigenvalue weighted by Crippen LogP contribution is -2.85. The lowest BCUT2D eigenvalue weighted by atomic mass is 10.7. The van der Waals surface area contributed by atoms with Gasteiger partial charge in [0.2, 0.25) is 0 Å². The second-order valence-electron chi connectivity index (χ2n) is 1.93. The Morgan fingerprint density at radius 1 is 1.42 bits per heavy atom. The standard InChI is InChI=1S/C5H10N4O3/c1-3(10)9(5(6)8-7)12-4(2)11/h7H2,1-2H3,(H2,6,8)/p+1. The number of nitrogens with one attached hydrogen (secondary N) is 1. The number of hydroxylamine groups is 2. The average molecular weight is 175 g/mol. The molecule has 0 rings (SSSR count). The molecule has 0 bridgehead atoms. The zero-order valence-electron chi connectivity index (χ0n) is 6.83. The first-order valence-electron chi connectivity index (χ1n) is 3.07. The molecule has 68 valence electrons. The molecule has 0 saturated carbocycles. The molecule has 0 aromatic rings. The molecule has 1 amide bonds. The number of hydrogen-bond donors (Lipinski definition) is 3. The lowest BCUT2D eigenvalue weighted by Gasteiger charge is -2.08. The maximum Gasteiger partial charge on any atom is 0.410 e. The molecule has 0 atom stereocenters. The van der Waals surface area contributed by atoms with Gasteiger partial charge in [0.15, 0.2) is 0 Å². The molecular formula is C5H11N4O3+. The highest BCUT2D eigenvalue weighted by Gasteiger charge is 2.24. The SMILES string of the molecule is CC(=O)ON(C(C)=O)C(N)=[NH+]N. The minimum Gasteiger partial charge on any atom is -0.296 e. The highest BCUT2D eigenvalue weighted by molar-refractivity contribution is 5.92. The van der Waals surface area contributed by atoms with Crippen LogP contribution in [0.15, 0.2) is 0 Å². The van der Waals surface area contributed by atoms with E-state index in [4.69, 9.17) is 11.6 Å². The summed E-state index contributed by atoms with van der Waals surface area (Å²) in [6, 6.07) is 0. The Balaban J connectivity index is 4.45. The smallest absolute Gasteiger partial charge is 0.296 e. The van der Waals surface area contributed by atoms with E-state index in [0.717, 1.165) is 6.92 Å². The maximum atomic E-state index is 10.7. The van der Waals surface area contributed by atoms with Crippen LogP contribution in [0, 0.1) is 0 Å². The van der Waals surface area contributed by atoms with E-state index in [9.17, 15) is 9.59 Å². The maximum absolute atomic E-state index is 10.7. The van der Waals surface area contributed by atoms with Gasteiger partial charge >= 0.3 is 17.8 Å². The largest absolute Gasteiger partial charge is 0.410 e. The monoisotopic (exact) mass is 175 g/mol. The molecule has 0 aliphatic carbocycles. The van der Waals surface area contributed by atoms with Crippen molar-refractivity contribution in [1.29, 1.82) is 0 Å². The van der Waals surface area contributed by atoms with Gasteiger partial charge in [-0.2, -0.15) is 5.10 Å². The number of guanidine groups is 1. The van der Waals surface area contributed by atoms with E-state index in [1.165, 1.54) is 6.92 Å². The first-order chi connectivity index (χ1) is 5.49. The molecule has 0 aliphatic heterocycles. The average Bonchev–Trinajstić information content (AvgIpc) is 1.98. The fourth-order valence-corrected chi connectivity index (χ4v) is 0.470. The normalized spacial score (nSPS) is 10.7. The minimum atomic E-state index is -0.664. The highest BCUT2D eigenvalue weighted by atomic mass is 16.7. The number of amides is 1. The summed E-state index contributed by atoms with van der Waals surface area (Å²) in [7, 11) is 0. The topological polar surface area (TPSA) is 113 Å². The van der Waals surface area contributed by atoms with E-state index in [1.807, 2.05) is 5.10 Å². The zero-order valence-corrected chi connectivity index (χ0v) is 6.83. The van der Waals surface area contributed by atoms with Crippen molar-refractivity contribution in [1.82, 2.24) is 5.06 Å². The van der Waals surface area contributed by atoms with Crippen LogP contribution < -0.4 is 16.7 Å². The van der Waals surface area contributed by atoms with Crippen molar-refractivity contribution in [2.75, 3.05) is 0 Å². The zero-order chi connectivity index (χ0) is 9.72. The number of rotatable bonds is 0. The van der Waals surface area contributed by atoms with Crippen LogP contribution in [-0.4, -0.2) is 22.9 Å². The molecule has 7 heteroatoms. The summed E-state index contributed by atoms with van der Waals surface area (Å²) in [5.74, 6) is 3.42. The summed E-state index contributed by atoms with van der Waals surface area (Å²) in [5, 5.41) is 2.53. The number of hydrogen-bond acceptors (Lipinski definition) is 4. The molecule has 12 heavy (non-hydrogen) atoms. The Labute approximate surface area is 68.9 Å². The van der Waals surface area contributed by atoms with Crippen molar-refractivity contribution in [3.8, 4) is 0 Å². The number of carbonyl (C=O) groups is 2. The van der Waals surface area contributed by atoms with Crippen LogP contribution in [0.3, 0.4) is 0 Å². The minimum absolute atomic E-state index is 0.252. The third-order valence-corrected chi connectivity index (χ3v) is 0.873. The predicted octanol–water partition coefficient (Wildman–Crippen LogP) is -3.42. The van der Waals surface area contributed by atoms with E-state index in [1.54, 1.807) is 0 Å². The van der Waals surface area contributed by atoms with Crippen LogP contribution in [0.1, 0.15) is 13.8 Å². The van der Waals surface area contributed by atoms with E-state index in [-0.39, 0.29) is 5.96 Å². The molecule has 0 unspecified atom stereocenters. The number of hydrazine groups is 1. The molecule has 0 aromatic heterocycles. The summed E-state index contributed by atoms with van der Waals surface area (Å²) in [6.07, 6.45) is 0. The van der Waals surface area contributed by atoms with E-state index < -0.39 is 11.9 Å². The molecule has 7 nitrogen and oxygen atoms in total. The molecule has 0 radical (unpaired) electrons. The molecule has 0 fully saturated rings. The quantitative estimate of drug-likeness (QED) is 0.153. The first kappa shape index (κ1) is 10.2.